The summed E-state index contributed by atoms with van der Waals surface area (Å²) in [6, 6.07) is 4.31. The molecule has 1 saturated carbocycles. The molecule has 6 nitrogen and oxygen atoms in total. The number of nitro groups is 1. The van der Waals surface area contributed by atoms with Crippen LogP contribution in [0.3, 0.4) is 0 Å². The molecule has 2 rings (SSSR count). The number of rotatable bonds is 5. The first-order valence-corrected chi connectivity index (χ1v) is 7.88. The zero-order valence-corrected chi connectivity index (χ0v) is 13.3. The number of carbonyl (C=O) groups is 1. The van der Waals surface area contributed by atoms with Gasteiger partial charge >= 0.3 is 5.69 Å². The minimum atomic E-state index is -0.529. The van der Waals surface area contributed by atoms with Gasteiger partial charge in [-0.2, -0.15) is 0 Å². The maximum absolute atomic E-state index is 12.3. The molecule has 1 aromatic rings. The van der Waals surface area contributed by atoms with Gasteiger partial charge in [0.25, 0.3) is 5.91 Å². The quantitative estimate of drug-likeness (QED) is 0.499. The fraction of sp³-hybridized carbons (Fsp3) is 0.500. The Morgan fingerprint density at radius 2 is 2.29 bits per heavy atom. The molecule has 0 spiro atoms. The second kappa shape index (κ2) is 6.89. The molecule has 0 radical (unpaired) electrons. The largest absolute Gasteiger partial charge is 0.490 e. The van der Waals surface area contributed by atoms with Crippen molar-refractivity contribution in [3.63, 3.8) is 0 Å². The van der Waals surface area contributed by atoms with Gasteiger partial charge in [-0.05, 0) is 24.8 Å². The highest BCUT2D eigenvalue weighted by molar-refractivity contribution is 9.09. The van der Waals surface area contributed by atoms with Gasteiger partial charge < -0.3 is 10.1 Å². The van der Waals surface area contributed by atoms with Gasteiger partial charge in [0.1, 0.15) is 0 Å². The molecule has 2 atom stereocenters. The van der Waals surface area contributed by atoms with E-state index in [1.807, 2.05) is 0 Å². The minimum absolute atomic E-state index is 0.0936. The SMILES string of the molecule is COc1cc(C(=O)NC2CCCC2CBr)ccc1[N+](=O)[O-]. The average molecular weight is 357 g/mol. The second-order valence-electron chi connectivity index (χ2n) is 5.07. The van der Waals surface area contributed by atoms with Crippen LogP contribution in [0.4, 0.5) is 5.69 Å². The Hall–Kier alpha value is -1.63. The Morgan fingerprint density at radius 1 is 1.52 bits per heavy atom. The van der Waals surface area contributed by atoms with Gasteiger partial charge in [-0.25, -0.2) is 0 Å². The van der Waals surface area contributed by atoms with Crippen molar-refractivity contribution in [3.05, 3.63) is 33.9 Å². The maximum Gasteiger partial charge on any atom is 0.310 e. The van der Waals surface area contributed by atoms with Crippen molar-refractivity contribution in [2.75, 3.05) is 12.4 Å². The van der Waals surface area contributed by atoms with Crippen LogP contribution in [0, 0.1) is 16.0 Å². The number of nitrogens with zero attached hydrogens (tertiary/aromatic N) is 1. The van der Waals surface area contributed by atoms with E-state index in [1.54, 1.807) is 0 Å². The van der Waals surface area contributed by atoms with E-state index in [1.165, 1.54) is 25.3 Å². The molecule has 0 heterocycles. The molecule has 1 N–H and O–H groups in total. The van der Waals surface area contributed by atoms with E-state index in [0.29, 0.717) is 11.5 Å². The number of carbonyl (C=O) groups excluding carboxylic acids is 1. The Bertz CT molecular complexity index is 550. The van der Waals surface area contributed by atoms with E-state index in [-0.39, 0.29) is 23.4 Å². The Morgan fingerprint density at radius 3 is 2.90 bits per heavy atom. The fourth-order valence-electron chi connectivity index (χ4n) is 2.63. The summed E-state index contributed by atoms with van der Waals surface area (Å²) in [6.07, 6.45) is 3.16. The van der Waals surface area contributed by atoms with Crippen molar-refractivity contribution < 1.29 is 14.5 Å². The number of ether oxygens (including phenoxy) is 1. The van der Waals surface area contributed by atoms with Crippen LogP contribution < -0.4 is 10.1 Å². The Balaban J connectivity index is 2.14. The number of hydrogen-bond donors (Lipinski definition) is 1. The minimum Gasteiger partial charge on any atom is -0.490 e. The fourth-order valence-corrected chi connectivity index (χ4v) is 3.41. The summed E-state index contributed by atoms with van der Waals surface area (Å²) in [5.41, 5.74) is 0.228. The summed E-state index contributed by atoms with van der Waals surface area (Å²) in [5, 5.41) is 14.7. The molecular weight excluding hydrogens is 340 g/mol. The molecule has 21 heavy (non-hydrogen) atoms. The Kier molecular flexibility index (Phi) is 5.17. The topological polar surface area (TPSA) is 81.5 Å². The normalized spacial score (nSPS) is 21.0. The predicted octanol–water partition coefficient (Wildman–Crippen LogP) is 2.90. The highest BCUT2D eigenvalue weighted by atomic mass is 79.9. The molecule has 7 heteroatoms. The first-order chi connectivity index (χ1) is 10.1. The lowest BCUT2D eigenvalue weighted by molar-refractivity contribution is -0.385. The first kappa shape index (κ1) is 15.8. The molecular formula is C14H17BrN2O4. The molecule has 1 amide bonds. The lowest BCUT2D eigenvalue weighted by Gasteiger charge is -2.19. The number of nitrogens with one attached hydrogen (secondary N) is 1. The van der Waals surface area contributed by atoms with E-state index in [0.717, 1.165) is 24.6 Å². The van der Waals surface area contributed by atoms with Gasteiger partial charge in [0.15, 0.2) is 5.75 Å². The molecule has 2 unspecified atom stereocenters. The van der Waals surface area contributed by atoms with Crippen LogP contribution in [0.15, 0.2) is 18.2 Å². The second-order valence-corrected chi connectivity index (χ2v) is 5.72. The molecule has 0 saturated heterocycles. The predicted molar refractivity (Wildman–Crippen MR) is 82.0 cm³/mol. The summed E-state index contributed by atoms with van der Waals surface area (Å²) in [6.45, 7) is 0. The van der Waals surface area contributed by atoms with E-state index < -0.39 is 4.92 Å². The third kappa shape index (κ3) is 3.53. The zero-order valence-electron chi connectivity index (χ0n) is 11.7. The van der Waals surface area contributed by atoms with Crippen molar-refractivity contribution >= 4 is 27.5 Å². The third-order valence-corrected chi connectivity index (χ3v) is 4.64. The van der Waals surface area contributed by atoms with Gasteiger partial charge in [0.05, 0.1) is 12.0 Å². The van der Waals surface area contributed by atoms with E-state index >= 15 is 0 Å². The molecule has 1 aliphatic rings. The zero-order chi connectivity index (χ0) is 15.4. The van der Waals surface area contributed by atoms with Crippen molar-refractivity contribution in [2.45, 2.75) is 25.3 Å². The number of methoxy groups -OCH3 is 1. The third-order valence-electron chi connectivity index (χ3n) is 3.81. The lowest BCUT2D eigenvalue weighted by Crippen LogP contribution is -2.37. The van der Waals surface area contributed by atoms with Crippen LogP contribution in [0.5, 0.6) is 5.75 Å². The van der Waals surface area contributed by atoms with Crippen LogP contribution in [-0.2, 0) is 0 Å². The van der Waals surface area contributed by atoms with Crippen molar-refractivity contribution in [2.24, 2.45) is 5.92 Å². The summed E-state index contributed by atoms with van der Waals surface area (Å²) < 4.78 is 4.98. The van der Waals surface area contributed by atoms with Crippen molar-refractivity contribution in [1.29, 1.82) is 0 Å². The molecule has 0 aliphatic heterocycles. The van der Waals surface area contributed by atoms with E-state index in [9.17, 15) is 14.9 Å². The first-order valence-electron chi connectivity index (χ1n) is 6.76. The summed E-state index contributed by atoms with van der Waals surface area (Å²) >= 11 is 3.46. The van der Waals surface area contributed by atoms with Gasteiger partial charge in [0, 0.05) is 29.1 Å². The molecule has 1 aliphatic carbocycles. The van der Waals surface area contributed by atoms with Gasteiger partial charge in [-0.15, -0.1) is 0 Å². The highest BCUT2D eigenvalue weighted by Crippen LogP contribution is 2.29. The summed E-state index contributed by atoms with van der Waals surface area (Å²) in [4.78, 5) is 22.6. The van der Waals surface area contributed by atoms with Gasteiger partial charge in [-0.1, -0.05) is 22.4 Å². The molecule has 0 aromatic heterocycles. The monoisotopic (exact) mass is 356 g/mol. The van der Waals surface area contributed by atoms with Gasteiger partial charge in [-0.3, -0.25) is 14.9 Å². The maximum atomic E-state index is 12.3. The lowest BCUT2D eigenvalue weighted by atomic mass is 10.1. The number of hydrogen-bond acceptors (Lipinski definition) is 4. The molecule has 1 fully saturated rings. The van der Waals surface area contributed by atoms with Crippen LogP contribution in [0.1, 0.15) is 29.6 Å². The van der Waals surface area contributed by atoms with Crippen LogP contribution in [0.25, 0.3) is 0 Å². The smallest absolute Gasteiger partial charge is 0.310 e. The standard InChI is InChI=1S/C14H17BrN2O4/c1-21-13-7-9(5-6-12(13)17(19)20)14(18)16-11-4-2-3-10(11)8-15/h5-7,10-11H,2-4,8H2,1H3,(H,16,18). The number of alkyl halides is 1. The number of halogens is 1. The van der Waals surface area contributed by atoms with E-state index in [4.69, 9.17) is 4.74 Å². The highest BCUT2D eigenvalue weighted by Gasteiger charge is 2.28. The number of nitro benzene ring substituents is 1. The molecule has 0 bridgehead atoms. The number of amides is 1. The van der Waals surface area contributed by atoms with E-state index in [2.05, 4.69) is 21.2 Å². The van der Waals surface area contributed by atoms with Crippen molar-refractivity contribution in [1.82, 2.24) is 5.32 Å². The average Bonchev–Trinajstić information content (AvgIpc) is 2.93. The summed E-state index contributed by atoms with van der Waals surface area (Å²) in [5.74, 6) is 0.311. The molecule has 1 aromatic carbocycles. The number of benzene rings is 1. The van der Waals surface area contributed by atoms with Crippen LogP contribution in [0.2, 0.25) is 0 Å². The molecule has 114 valence electrons. The summed E-state index contributed by atoms with van der Waals surface area (Å²) in [7, 11) is 1.35. The van der Waals surface area contributed by atoms with Gasteiger partial charge in [0.2, 0.25) is 0 Å². The van der Waals surface area contributed by atoms with Crippen LogP contribution in [-0.4, -0.2) is 29.3 Å². The van der Waals surface area contributed by atoms with Crippen LogP contribution >= 0.6 is 15.9 Å². The Labute approximate surface area is 131 Å². The van der Waals surface area contributed by atoms with Crippen molar-refractivity contribution in [3.8, 4) is 5.75 Å².